The first-order valence-corrected chi connectivity index (χ1v) is 11.7. The number of carbonyl (C=O) groups excluding carboxylic acids is 2. The summed E-state index contributed by atoms with van der Waals surface area (Å²) < 4.78 is 46.6. The molecule has 0 saturated carbocycles. The van der Waals surface area contributed by atoms with Crippen molar-refractivity contribution >= 4 is 27.5 Å². The monoisotopic (exact) mass is 485 g/mol. The van der Waals surface area contributed by atoms with Gasteiger partial charge in [0.1, 0.15) is 11.6 Å². The van der Waals surface area contributed by atoms with Crippen molar-refractivity contribution in [3.8, 4) is 5.75 Å². The average Bonchev–Trinajstić information content (AvgIpc) is 2.77. The Morgan fingerprint density at radius 3 is 2.29 bits per heavy atom. The standard InChI is InChI=1S/C24H24FN3O5S/c1-15-9-16(2)11-20(10-15)33-14-23(29)26-27-24(30)18-5-4-6-19(12-18)28-34(31,32)21-8-7-17(3)22(25)13-21/h4-13,28H,14H2,1-3H3,(H,26,29)(H,27,30). The van der Waals surface area contributed by atoms with Crippen LogP contribution in [0, 0.1) is 26.6 Å². The summed E-state index contributed by atoms with van der Waals surface area (Å²) >= 11 is 0. The molecule has 0 aliphatic rings. The number of anilines is 1. The minimum Gasteiger partial charge on any atom is -0.484 e. The number of carbonyl (C=O) groups is 2. The van der Waals surface area contributed by atoms with Gasteiger partial charge in [-0.15, -0.1) is 0 Å². The number of nitrogens with one attached hydrogen (secondary N) is 3. The fourth-order valence-electron chi connectivity index (χ4n) is 3.08. The number of hydrogen-bond donors (Lipinski definition) is 3. The van der Waals surface area contributed by atoms with Crippen LogP contribution in [0.4, 0.5) is 10.1 Å². The Labute approximate surface area is 197 Å². The number of hydrogen-bond acceptors (Lipinski definition) is 5. The van der Waals surface area contributed by atoms with Gasteiger partial charge in [0, 0.05) is 11.3 Å². The van der Waals surface area contributed by atoms with Crippen LogP contribution in [0.25, 0.3) is 0 Å². The maximum atomic E-state index is 13.8. The Bertz CT molecular complexity index is 1320. The summed E-state index contributed by atoms with van der Waals surface area (Å²) in [5.41, 5.74) is 6.98. The van der Waals surface area contributed by atoms with Crippen LogP contribution in [-0.4, -0.2) is 26.8 Å². The SMILES string of the molecule is Cc1cc(C)cc(OCC(=O)NNC(=O)c2cccc(NS(=O)(=O)c3ccc(C)c(F)c3)c2)c1. The van der Waals surface area contributed by atoms with Gasteiger partial charge in [0.05, 0.1) is 4.90 Å². The number of ether oxygens (including phenoxy) is 1. The van der Waals surface area contributed by atoms with E-state index in [1.165, 1.54) is 43.3 Å². The van der Waals surface area contributed by atoms with E-state index in [4.69, 9.17) is 4.74 Å². The molecule has 0 fully saturated rings. The molecule has 3 aromatic carbocycles. The lowest BCUT2D eigenvalue weighted by Crippen LogP contribution is -2.43. The summed E-state index contributed by atoms with van der Waals surface area (Å²) in [4.78, 5) is 24.2. The smallest absolute Gasteiger partial charge is 0.276 e. The van der Waals surface area contributed by atoms with Crippen LogP contribution in [0.1, 0.15) is 27.0 Å². The molecule has 0 radical (unpaired) electrons. The molecular weight excluding hydrogens is 461 g/mol. The number of sulfonamides is 1. The lowest BCUT2D eigenvalue weighted by atomic mass is 10.1. The fraction of sp³-hybridized carbons (Fsp3) is 0.167. The molecule has 3 rings (SSSR count). The van der Waals surface area contributed by atoms with Gasteiger partial charge < -0.3 is 4.74 Å². The number of halogens is 1. The second kappa shape index (κ2) is 10.3. The van der Waals surface area contributed by atoms with Crippen LogP contribution in [0.3, 0.4) is 0 Å². The molecule has 0 aromatic heterocycles. The van der Waals surface area contributed by atoms with Gasteiger partial charge in [-0.05, 0) is 79.9 Å². The predicted molar refractivity (Wildman–Crippen MR) is 125 cm³/mol. The zero-order valence-electron chi connectivity index (χ0n) is 18.8. The van der Waals surface area contributed by atoms with Gasteiger partial charge in [-0.3, -0.25) is 25.2 Å². The first-order chi connectivity index (χ1) is 16.0. The van der Waals surface area contributed by atoms with Crippen molar-refractivity contribution in [3.05, 3.63) is 88.7 Å². The maximum absolute atomic E-state index is 13.8. The molecule has 0 heterocycles. The third-order valence-electron chi connectivity index (χ3n) is 4.71. The summed E-state index contributed by atoms with van der Waals surface area (Å²) in [5.74, 6) is -1.35. The van der Waals surface area contributed by atoms with E-state index in [9.17, 15) is 22.4 Å². The van der Waals surface area contributed by atoms with Crippen molar-refractivity contribution in [2.45, 2.75) is 25.7 Å². The summed E-state index contributed by atoms with van der Waals surface area (Å²) in [5, 5.41) is 0. The van der Waals surface area contributed by atoms with E-state index in [1.807, 2.05) is 19.9 Å². The maximum Gasteiger partial charge on any atom is 0.276 e. The highest BCUT2D eigenvalue weighted by Gasteiger charge is 2.17. The number of hydrazine groups is 1. The van der Waals surface area contributed by atoms with E-state index < -0.39 is 27.7 Å². The number of rotatable bonds is 7. The van der Waals surface area contributed by atoms with E-state index in [2.05, 4.69) is 15.6 Å². The Hall–Kier alpha value is -3.92. The molecule has 0 aliphatic heterocycles. The van der Waals surface area contributed by atoms with Gasteiger partial charge in [-0.2, -0.15) is 0 Å². The number of amides is 2. The molecule has 0 saturated heterocycles. The highest BCUT2D eigenvalue weighted by molar-refractivity contribution is 7.92. The van der Waals surface area contributed by atoms with E-state index in [-0.39, 0.29) is 22.8 Å². The lowest BCUT2D eigenvalue weighted by molar-refractivity contribution is -0.123. The van der Waals surface area contributed by atoms with Gasteiger partial charge in [0.15, 0.2) is 6.61 Å². The first-order valence-electron chi connectivity index (χ1n) is 10.2. The van der Waals surface area contributed by atoms with E-state index >= 15 is 0 Å². The minimum absolute atomic E-state index is 0.0887. The van der Waals surface area contributed by atoms with Crippen LogP contribution in [0.2, 0.25) is 0 Å². The van der Waals surface area contributed by atoms with E-state index in [1.54, 1.807) is 12.1 Å². The summed E-state index contributed by atoms with van der Waals surface area (Å²) in [6.45, 7) is 5.03. The molecule has 8 nitrogen and oxygen atoms in total. The fourth-order valence-corrected chi connectivity index (χ4v) is 4.14. The second-order valence-electron chi connectivity index (χ2n) is 7.71. The normalized spacial score (nSPS) is 10.9. The highest BCUT2D eigenvalue weighted by Crippen LogP contribution is 2.19. The molecule has 0 bridgehead atoms. The van der Waals surface area contributed by atoms with Gasteiger partial charge in [0.2, 0.25) is 0 Å². The molecule has 0 atom stereocenters. The Balaban J connectivity index is 1.58. The van der Waals surface area contributed by atoms with Crippen LogP contribution < -0.4 is 20.3 Å². The van der Waals surface area contributed by atoms with Crippen LogP contribution in [-0.2, 0) is 14.8 Å². The van der Waals surface area contributed by atoms with Crippen molar-refractivity contribution in [1.29, 1.82) is 0 Å². The molecule has 3 N–H and O–H groups in total. The quantitative estimate of drug-likeness (QED) is 0.444. The number of benzene rings is 3. The van der Waals surface area contributed by atoms with Crippen LogP contribution in [0.15, 0.2) is 65.6 Å². The average molecular weight is 486 g/mol. The third kappa shape index (κ3) is 6.55. The van der Waals surface area contributed by atoms with Gasteiger partial charge in [-0.1, -0.05) is 18.2 Å². The molecule has 34 heavy (non-hydrogen) atoms. The van der Waals surface area contributed by atoms with Gasteiger partial charge in [0.25, 0.3) is 21.8 Å². The highest BCUT2D eigenvalue weighted by atomic mass is 32.2. The summed E-state index contributed by atoms with van der Waals surface area (Å²) in [7, 11) is -4.07. The van der Waals surface area contributed by atoms with Crippen molar-refractivity contribution in [3.63, 3.8) is 0 Å². The topological polar surface area (TPSA) is 114 Å². The van der Waals surface area contributed by atoms with Crippen molar-refractivity contribution in [1.82, 2.24) is 10.9 Å². The second-order valence-corrected chi connectivity index (χ2v) is 9.39. The molecular formula is C24H24FN3O5S. The molecule has 178 valence electrons. The lowest BCUT2D eigenvalue weighted by Gasteiger charge is -2.12. The largest absolute Gasteiger partial charge is 0.484 e. The zero-order chi connectivity index (χ0) is 24.9. The Kier molecular flexibility index (Phi) is 7.52. The Morgan fingerprint density at radius 1 is 0.912 bits per heavy atom. The Morgan fingerprint density at radius 2 is 1.62 bits per heavy atom. The van der Waals surface area contributed by atoms with Crippen molar-refractivity contribution in [2.24, 2.45) is 0 Å². The third-order valence-corrected chi connectivity index (χ3v) is 6.09. The molecule has 0 spiro atoms. The van der Waals surface area contributed by atoms with Gasteiger partial charge in [-0.25, -0.2) is 12.8 Å². The molecule has 0 aliphatic carbocycles. The van der Waals surface area contributed by atoms with Crippen LogP contribution in [0.5, 0.6) is 5.75 Å². The van der Waals surface area contributed by atoms with E-state index in [0.717, 1.165) is 17.2 Å². The van der Waals surface area contributed by atoms with Crippen molar-refractivity contribution < 1.29 is 27.1 Å². The van der Waals surface area contributed by atoms with E-state index in [0.29, 0.717) is 11.3 Å². The zero-order valence-corrected chi connectivity index (χ0v) is 19.6. The number of aryl methyl sites for hydroxylation is 3. The van der Waals surface area contributed by atoms with Gasteiger partial charge >= 0.3 is 0 Å². The van der Waals surface area contributed by atoms with Crippen LogP contribution >= 0.6 is 0 Å². The minimum atomic E-state index is -4.07. The molecule has 10 heteroatoms. The molecule has 2 amide bonds. The summed E-state index contributed by atoms with van der Waals surface area (Å²) in [6.07, 6.45) is 0. The van der Waals surface area contributed by atoms with Crippen molar-refractivity contribution in [2.75, 3.05) is 11.3 Å². The summed E-state index contributed by atoms with van der Waals surface area (Å²) in [6, 6.07) is 14.7. The predicted octanol–water partition coefficient (Wildman–Crippen LogP) is 3.39. The molecule has 0 unspecified atom stereocenters. The molecule has 3 aromatic rings. The first kappa shape index (κ1) is 24.7.